The number of aliphatic imine (C=N–C) groups is 1. The maximum absolute atomic E-state index is 12.5. The van der Waals surface area contributed by atoms with Gasteiger partial charge in [-0.2, -0.15) is 0 Å². The second kappa shape index (κ2) is 9.65. The molecule has 0 atom stereocenters. The van der Waals surface area contributed by atoms with Crippen molar-refractivity contribution in [3.05, 3.63) is 64.7 Å². The summed E-state index contributed by atoms with van der Waals surface area (Å²) in [6, 6.07) is 14.7. The Morgan fingerprint density at radius 3 is 2.60 bits per heavy atom. The molecule has 4 rings (SSSR count). The number of carbonyl (C=O) groups is 1. The number of nitrogens with zero attached hydrogens (tertiary/aromatic N) is 2. The molecule has 6 heteroatoms. The highest BCUT2D eigenvalue weighted by molar-refractivity contribution is 5.80. The molecule has 0 aliphatic carbocycles. The third-order valence-corrected chi connectivity index (χ3v) is 5.74. The van der Waals surface area contributed by atoms with Crippen LogP contribution in [0.5, 0.6) is 5.75 Å². The van der Waals surface area contributed by atoms with Crippen LogP contribution in [-0.2, 0) is 30.7 Å². The van der Waals surface area contributed by atoms with Crippen molar-refractivity contribution >= 4 is 11.9 Å². The van der Waals surface area contributed by atoms with Crippen LogP contribution in [0.3, 0.4) is 0 Å². The monoisotopic (exact) mass is 406 g/mol. The van der Waals surface area contributed by atoms with Gasteiger partial charge in [-0.15, -0.1) is 0 Å². The number of rotatable bonds is 7. The Kier molecular flexibility index (Phi) is 6.52. The summed E-state index contributed by atoms with van der Waals surface area (Å²) in [5.74, 6) is 2.02. The molecule has 1 amide bonds. The fourth-order valence-electron chi connectivity index (χ4n) is 4.06. The minimum absolute atomic E-state index is 0.219. The molecule has 0 saturated carbocycles. The lowest BCUT2D eigenvalue weighted by Crippen LogP contribution is -2.39. The molecule has 2 N–H and O–H groups in total. The lowest BCUT2D eigenvalue weighted by Gasteiger charge is -2.16. The van der Waals surface area contributed by atoms with Crippen LogP contribution in [-0.4, -0.2) is 43.5 Å². The van der Waals surface area contributed by atoms with E-state index >= 15 is 0 Å². The average molecular weight is 407 g/mol. The maximum Gasteiger partial charge on any atom is 0.223 e. The van der Waals surface area contributed by atoms with E-state index < -0.39 is 0 Å². The lowest BCUT2D eigenvalue weighted by atomic mass is 10.1. The largest absolute Gasteiger partial charge is 0.493 e. The first-order valence-corrected chi connectivity index (χ1v) is 10.8. The first-order chi connectivity index (χ1) is 14.7. The summed E-state index contributed by atoms with van der Waals surface area (Å²) in [5, 5.41) is 6.66. The van der Waals surface area contributed by atoms with Crippen molar-refractivity contribution in [2.24, 2.45) is 4.99 Å². The van der Waals surface area contributed by atoms with Crippen LogP contribution in [0.25, 0.3) is 0 Å². The van der Waals surface area contributed by atoms with Gasteiger partial charge in [0.05, 0.1) is 6.61 Å². The summed E-state index contributed by atoms with van der Waals surface area (Å²) < 4.78 is 5.56. The Bertz CT molecular complexity index is 900. The van der Waals surface area contributed by atoms with Gasteiger partial charge in [0.15, 0.2) is 5.96 Å². The smallest absolute Gasteiger partial charge is 0.223 e. The average Bonchev–Trinajstić information content (AvgIpc) is 3.41. The highest BCUT2D eigenvalue weighted by atomic mass is 16.5. The lowest BCUT2D eigenvalue weighted by molar-refractivity contribution is -0.131. The summed E-state index contributed by atoms with van der Waals surface area (Å²) in [7, 11) is 1.77. The van der Waals surface area contributed by atoms with Gasteiger partial charge < -0.3 is 20.3 Å². The number of guanidine groups is 1. The third-order valence-electron chi connectivity index (χ3n) is 5.74. The van der Waals surface area contributed by atoms with Gasteiger partial charge in [-0.1, -0.05) is 36.4 Å². The fraction of sp³-hybridized carbons (Fsp3) is 0.417. The predicted octanol–water partition coefficient (Wildman–Crippen LogP) is 2.65. The van der Waals surface area contributed by atoms with E-state index in [2.05, 4.69) is 46.0 Å². The van der Waals surface area contributed by atoms with Crippen molar-refractivity contribution in [2.45, 2.75) is 38.8 Å². The van der Waals surface area contributed by atoms with E-state index in [-0.39, 0.29) is 5.91 Å². The Balaban J connectivity index is 1.13. The molecule has 2 heterocycles. The molecule has 0 saturated heterocycles. The Morgan fingerprint density at radius 2 is 1.83 bits per heavy atom. The summed E-state index contributed by atoms with van der Waals surface area (Å²) in [6.07, 6.45) is 3.27. The van der Waals surface area contributed by atoms with Crippen molar-refractivity contribution < 1.29 is 9.53 Å². The second-order valence-corrected chi connectivity index (χ2v) is 7.84. The van der Waals surface area contributed by atoms with Gasteiger partial charge in [-0.25, -0.2) is 0 Å². The zero-order chi connectivity index (χ0) is 20.8. The molecule has 2 aromatic rings. The van der Waals surface area contributed by atoms with Crippen LogP contribution in [0, 0.1) is 0 Å². The molecule has 158 valence electrons. The van der Waals surface area contributed by atoms with Gasteiger partial charge in [0.1, 0.15) is 5.75 Å². The van der Waals surface area contributed by atoms with Gasteiger partial charge in [0, 0.05) is 46.1 Å². The summed E-state index contributed by atoms with van der Waals surface area (Å²) in [6.45, 7) is 3.80. The molecule has 0 radical (unpaired) electrons. The first kappa shape index (κ1) is 20.3. The van der Waals surface area contributed by atoms with E-state index in [1.165, 1.54) is 22.3 Å². The van der Waals surface area contributed by atoms with E-state index in [9.17, 15) is 4.79 Å². The van der Waals surface area contributed by atoms with E-state index in [4.69, 9.17) is 4.74 Å². The second-order valence-electron chi connectivity index (χ2n) is 7.84. The number of fused-ring (bicyclic) bond motifs is 2. The van der Waals surface area contributed by atoms with Gasteiger partial charge in [0.2, 0.25) is 5.91 Å². The molecule has 0 fully saturated rings. The molecule has 0 spiro atoms. The topological polar surface area (TPSA) is 66.0 Å². The van der Waals surface area contributed by atoms with Crippen LogP contribution in [0.15, 0.2) is 47.5 Å². The first-order valence-electron chi connectivity index (χ1n) is 10.8. The van der Waals surface area contributed by atoms with E-state index in [1.54, 1.807) is 7.05 Å². The normalized spacial score (nSPS) is 14.8. The van der Waals surface area contributed by atoms with Crippen LogP contribution in [0.1, 0.15) is 35.1 Å². The number of carbonyl (C=O) groups excluding carboxylic acids is 1. The number of hydrogen-bond acceptors (Lipinski definition) is 3. The van der Waals surface area contributed by atoms with Gasteiger partial charge in [-0.05, 0) is 41.2 Å². The zero-order valence-corrected chi connectivity index (χ0v) is 17.6. The zero-order valence-electron chi connectivity index (χ0n) is 17.6. The minimum atomic E-state index is 0.219. The third kappa shape index (κ3) is 4.93. The van der Waals surface area contributed by atoms with Crippen LogP contribution in [0.4, 0.5) is 0 Å². The van der Waals surface area contributed by atoms with Crippen LogP contribution in [0.2, 0.25) is 0 Å². The van der Waals surface area contributed by atoms with E-state index in [0.29, 0.717) is 6.42 Å². The number of benzene rings is 2. The molecular formula is C24H30N4O2. The highest BCUT2D eigenvalue weighted by Gasteiger charge is 2.22. The van der Waals surface area contributed by atoms with Gasteiger partial charge in [0.25, 0.3) is 0 Å². The summed E-state index contributed by atoms with van der Waals surface area (Å²) in [5.41, 5.74) is 5.15. The molecular weight excluding hydrogens is 376 g/mol. The molecule has 2 aromatic carbocycles. The van der Waals surface area contributed by atoms with Gasteiger partial charge >= 0.3 is 0 Å². The van der Waals surface area contributed by atoms with Crippen molar-refractivity contribution in [2.75, 3.05) is 26.7 Å². The predicted molar refractivity (Wildman–Crippen MR) is 119 cm³/mol. The molecule has 0 unspecified atom stereocenters. The van der Waals surface area contributed by atoms with Crippen molar-refractivity contribution in [1.29, 1.82) is 0 Å². The summed E-state index contributed by atoms with van der Waals surface area (Å²) >= 11 is 0. The Morgan fingerprint density at radius 1 is 1.07 bits per heavy atom. The van der Waals surface area contributed by atoms with E-state index in [0.717, 1.165) is 63.8 Å². The van der Waals surface area contributed by atoms with Crippen molar-refractivity contribution in [3.63, 3.8) is 0 Å². The molecule has 2 aliphatic heterocycles. The van der Waals surface area contributed by atoms with Crippen LogP contribution >= 0.6 is 0 Å². The standard InChI is InChI=1S/C24H30N4O2/c1-25-24(27-13-10-18-8-9-22-19(15-18)11-14-30-22)26-12-4-7-23(29)28-16-20-5-2-3-6-21(20)17-28/h2-3,5-6,8-9,15H,4,7,10-14,16-17H2,1H3,(H2,25,26,27). The molecule has 0 aromatic heterocycles. The fourth-order valence-corrected chi connectivity index (χ4v) is 4.06. The Labute approximate surface area is 178 Å². The van der Waals surface area contributed by atoms with Crippen molar-refractivity contribution in [1.82, 2.24) is 15.5 Å². The number of hydrogen-bond donors (Lipinski definition) is 2. The maximum atomic E-state index is 12.5. The molecule has 0 bridgehead atoms. The highest BCUT2D eigenvalue weighted by Crippen LogP contribution is 2.26. The number of amides is 1. The van der Waals surface area contributed by atoms with E-state index in [1.807, 2.05) is 17.0 Å². The molecule has 30 heavy (non-hydrogen) atoms. The SMILES string of the molecule is CN=C(NCCCC(=O)N1Cc2ccccc2C1)NCCc1ccc2c(c1)CCO2. The van der Waals surface area contributed by atoms with Crippen LogP contribution < -0.4 is 15.4 Å². The molecule has 6 nitrogen and oxygen atoms in total. The minimum Gasteiger partial charge on any atom is -0.493 e. The Hall–Kier alpha value is -3.02. The number of ether oxygens (including phenoxy) is 1. The van der Waals surface area contributed by atoms with Gasteiger partial charge in [-0.3, -0.25) is 9.79 Å². The quantitative estimate of drug-likeness (QED) is 0.422. The number of nitrogens with one attached hydrogen (secondary N) is 2. The van der Waals surface area contributed by atoms with Crippen molar-refractivity contribution in [3.8, 4) is 5.75 Å². The molecule has 2 aliphatic rings. The summed E-state index contributed by atoms with van der Waals surface area (Å²) in [4.78, 5) is 18.7.